The van der Waals surface area contributed by atoms with Crippen molar-refractivity contribution in [3.05, 3.63) is 88.7 Å². The number of likely N-dealkylation sites (tertiary alicyclic amines) is 1. The average molecular weight is 615 g/mol. The Morgan fingerprint density at radius 1 is 0.930 bits per heavy atom. The third kappa shape index (κ3) is 6.53. The summed E-state index contributed by atoms with van der Waals surface area (Å²) in [4.78, 5) is 15.5. The molecule has 0 spiro atoms. The lowest BCUT2D eigenvalue weighted by Crippen LogP contribution is -2.45. The Balaban J connectivity index is 1.15. The summed E-state index contributed by atoms with van der Waals surface area (Å²) < 4.78 is 70.5. The van der Waals surface area contributed by atoms with Gasteiger partial charge < -0.3 is 9.88 Å². The molecule has 0 radical (unpaired) electrons. The van der Waals surface area contributed by atoms with Crippen LogP contribution in [0.15, 0.2) is 65.7 Å². The number of carbonyl (C=O) groups is 1. The first kappa shape index (κ1) is 29.9. The summed E-state index contributed by atoms with van der Waals surface area (Å²) in [6, 6.07) is 13.1. The Bertz CT molecular complexity index is 1580. The minimum absolute atomic E-state index is 0.0504. The Hall–Kier alpha value is -3.15. The van der Waals surface area contributed by atoms with Crippen molar-refractivity contribution in [3.63, 3.8) is 0 Å². The quantitative estimate of drug-likeness (QED) is 0.392. The van der Waals surface area contributed by atoms with Crippen LogP contribution in [-0.4, -0.2) is 53.8 Å². The van der Waals surface area contributed by atoms with Crippen LogP contribution in [0.2, 0.25) is 0 Å². The van der Waals surface area contributed by atoms with E-state index in [2.05, 4.69) is 28.4 Å². The molecular weight excluding hydrogens is 577 g/mol. The molecule has 2 aliphatic heterocycles. The molecule has 11 heteroatoms. The van der Waals surface area contributed by atoms with Crippen molar-refractivity contribution in [1.29, 1.82) is 0 Å². The van der Waals surface area contributed by atoms with Gasteiger partial charge in [-0.2, -0.15) is 17.5 Å². The van der Waals surface area contributed by atoms with E-state index in [0.717, 1.165) is 44.6 Å². The van der Waals surface area contributed by atoms with Crippen molar-refractivity contribution >= 4 is 15.9 Å². The lowest BCUT2D eigenvalue weighted by Gasteiger charge is -2.36. The van der Waals surface area contributed by atoms with Gasteiger partial charge in [0.05, 0.1) is 16.5 Å². The molecule has 7 nitrogen and oxygen atoms in total. The van der Waals surface area contributed by atoms with E-state index in [1.54, 1.807) is 12.1 Å². The highest BCUT2D eigenvalue weighted by atomic mass is 32.2. The molecule has 1 N–H and O–H groups in total. The van der Waals surface area contributed by atoms with E-state index in [0.29, 0.717) is 24.7 Å². The molecule has 3 aromatic rings. The van der Waals surface area contributed by atoms with Gasteiger partial charge in [0.1, 0.15) is 0 Å². The number of fused-ring (bicyclic) bond motifs is 2. The number of piperidine rings is 1. The van der Waals surface area contributed by atoms with E-state index in [-0.39, 0.29) is 24.9 Å². The standard InChI is InChI=1S/C32H37F3N4O3S/c33-32(34,35)26-6-4-7-28(20-26)43(41,42)39-17-16-38-15-5-8-29(38)30(39)21-31(40)36-27-12-11-24-18-23(9-10-25(24)19-27)22-37-13-2-1-3-14-37/h4-10,15,18,20,27,30H,1-3,11-14,16-17,19,21-22H2,(H,36,40). The third-order valence-corrected chi connectivity index (χ3v) is 10.9. The molecule has 0 saturated carbocycles. The fourth-order valence-corrected chi connectivity index (χ4v) is 8.41. The topological polar surface area (TPSA) is 74.6 Å². The van der Waals surface area contributed by atoms with Crippen molar-refractivity contribution < 1.29 is 26.4 Å². The van der Waals surface area contributed by atoms with Crippen LogP contribution in [0.5, 0.6) is 0 Å². The molecule has 1 amide bonds. The number of benzene rings is 2. The Labute approximate surface area is 250 Å². The van der Waals surface area contributed by atoms with Crippen molar-refractivity contribution in [2.45, 2.75) is 81.2 Å². The number of sulfonamides is 1. The Morgan fingerprint density at radius 2 is 1.74 bits per heavy atom. The van der Waals surface area contributed by atoms with Crippen LogP contribution in [0.3, 0.4) is 0 Å². The zero-order valence-corrected chi connectivity index (χ0v) is 24.8. The number of hydrogen-bond donors (Lipinski definition) is 1. The van der Waals surface area contributed by atoms with Crippen LogP contribution in [0.4, 0.5) is 13.2 Å². The summed E-state index contributed by atoms with van der Waals surface area (Å²) in [5.74, 6) is -0.279. The van der Waals surface area contributed by atoms with Gasteiger partial charge in [0.2, 0.25) is 15.9 Å². The number of nitrogens with one attached hydrogen (secondary N) is 1. The molecule has 3 heterocycles. The molecule has 1 fully saturated rings. The van der Waals surface area contributed by atoms with Gasteiger partial charge in [-0.1, -0.05) is 30.7 Å². The number of amides is 1. The third-order valence-electron chi connectivity index (χ3n) is 8.98. The van der Waals surface area contributed by atoms with Crippen LogP contribution in [0.1, 0.15) is 66.1 Å². The highest BCUT2D eigenvalue weighted by Crippen LogP contribution is 2.36. The number of halogens is 3. The number of aryl methyl sites for hydroxylation is 1. The molecule has 2 unspecified atom stereocenters. The van der Waals surface area contributed by atoms with E-state index in [9.17, 15) is 26.4 Å². The maximum Gasteiger partial charge on any atom is 0.416 e. The number of hydrogen-bond acceptors (Lipinski definition) is 4. The van der Waals surface area contributed by atoms with E-state index >= 15 is 0 Å². The smallest absolute Gasteiger partial charge is 0.353 e. The molecule has 1 aromatic heterocycles. The molecule has 1 saturated heterocycles. The minimum atomic E-state index is -4.67. The Morgan fingerprint density at radius 3 is 2.53 bits per heavy atom. The monoisotopic (exact) mass is 614 g/mol. The largest absolute Gasteiger partial charge is 0.416 e. The highest BCUT2D eigenvalue weighted by molar-refractivity contribution is 7.89. The van der Waals surface area contributed by atoms with E-state index in [1.165, 1.54) is 46.3 Å². The van der Waals surface area contributed by atoms with Crippen LogP contribution in [0, 0.1) is 0 Å². The zero-order valence-electron chi connectivity index (χ0n) is 24.0. The molecule has 2 atom stereocenters. The predicted octanol–water partition coefficient (Wildman–Crippen LogP) is 5.30. The van der Waals surface area contributed by atoms with Crippen LogP contribution in [-0.2, 0) is 46.9 Å². The number of aromatic nitrogens is 1. The SMILES string of the molecule is O=C(CC1c2cccn2CCN1S(=O)(=O)c1cccc(C(F)(F)F)c1)NC1CCc2cc(CN3CCCCC3)ccc2C1. The predicted molar refractivity (Wildman–Crippen MR) is 157 cm³/mol. The summed E-state index contributed by atoms with van der Waals surface area (Å²) in [7, 11) is -4.31. The van der Waals surface area contributed by atoms with Crippen molar-refractivity contribution in [3.8, 4) is 0 Å². The lowest BCUT2D eigenvalue weighted by molar-refractivity contribution is -0.137. The Kier molecular flexibility index (Phi) is 8.41. The van der Waals surface area contributed by atoms with E-state index < -0.39 is 32.7 Å². The summed E-state index contributed by atoms with van der Waals surface area (Å²) in [5, 5.41) is 3.12. The number of rotatable bonds is 7. The van der Waals surface area contributed by atoms with Gasteiger partial charge in [0.15, 0.2) is 0 Å². The van der Waals surface area contributed by atoms with Crippen molar-refractivity contribution in [2.75, 3.05) is 19.6 Å². The van der Waals surface area contributed by atoms with E-state index in [1.807, 2.05) is 10.8 Å². The second kappa shape index (κ2) is 12.1. The molecule has 43 heavy (non-hydrogen) atoms. The summed E-state index contributed by atoms with van der Waals surface area (Å²) in [6.07, 6.45) is 3.21. The second-order valence-electron chi connectivity index (χ2n) is 11.9. The lowest BCUT2D eigenvalue weighted by atomic mass is 9.87. The normalized spacial score (nSPS) is 21.7. The number of carbonyl (C=O) groups excluding carboxylic acids is 1. The fraction of sp³-hybridized carbons (Fsp3) is 0.469. The number of nitrogens with zero attached hydrogens (tertiary/aromatic N) is 3. The zero-order chi connectivity index (χ0) is 30.2. The summed E-state index contributed by atoms with van der Waals surface area (Å²) in [6.45, 7) is 3.66. The van der Waals surface area contributed by atoms with E-state index in [4.69, 9.17) is 0 Å². The van der Waals surface area contributed by atoms with Gasteiger partial charge in [-0.15, -0.1) is 0 Å². The molecule has 2 aromatic carbocycles. The molecule has 6 rings (SSSR count). The van der Waals surface area contributed by atoms with Gasteiger partial charge >= 0.3 is 6.18 Å². The van der Waals surface area contributed by atoms with Gasteiger partial charge in [0, 0.05) is 44.0 Å². The average Bonchev–Trinajstić information content (AvgIpc) is 3.47. The summed E-state index contributed by atoms with van der Waals surface area (Å²) in [5.41, 5.74) is 3.49. The fourth-order valence-electron chi connectivity index (χ4n) is 6.77. The van der Waals surface area contributed by atoms with Gasteiger partial charge in [-0.25, -0.2) is 8.42 Å². The van der Waals surface area contributed by atoms with Crippen LogP contribution in [0.25, 0.3) is 0 Å². The minimum Gasteiger partial charge on any atom is -0.353 e. The first-order valence-electron chi connectivity index (χ1n) is 15.0. The molecule has 1 aliphatic carbocycles. The molecular formula is C32H37F3N4O3S. The van der Waals surface area contributed by atoms with Crippen molar-refractivity contribution in [1.82, 2.24) is 19.1 Å². The second-order valence-corrected chi connectivity index (χ2v) is 13.8. The number of alkyl halides is 3. The van der Waals surface area contributed by atoms with Gasteiger partial charge in [-0.3, -0.25) is 9.69 Å². The first-order valence-corrected chi connectivity index (χ1v) is 16.5. The molecule has 0 bridgehead atoms. The van der Waals surface area contributed by atoms with Gasteiger partial charge in [0.25, 0.3) is 0 Å². The van der Waals surface area contributed by atoms with Crippen molar-refractivity contribution in [2.24, 2.45) is 0 Å². The van der Waals surface area contributed by atoms with Gasteiger partial charge in [-0.05, 0) is 92.2 Å². The summed E-state index contributed by atoms with van der Waals surface area (Å²) >= 11 is 0. The molecule has 230 valence electrons. The molecule has 3 aliphatic rings. The van der Waals surface area contributed by atoms with Crippen LogP contribution < -0.4 is 5.32 Å². The maximum atomic E-state index is 13.7. The van der Waals surface area contributed by atoms with Crippen LogP contribution >= 0.6 is 0 Å². The maximum absolute atomic E-state index is 13.7. The highest BCUT2D eigenvalue weighted by Gasteiger charge is 2.39. The first-order chi connectivity index (χ1) is 20.6.